The van der Waals surface area contributed by atoms with Gasteiger partial charge in [0, 0.05) is 0 Å². The molecule has 1 fully saturated rings. The first-order valence-corrected chi connectivity index (χ1v) is 6.77. The molecule has 1 aromatic rings. The highest BCUT2D eigenvalue weighted by Crippen LogP contribution is 2.35. The maximum atomic E-state index is 9.74. The molecule has 1 saturated carbocycles. The molecule has 2 rings (SSSR count). The van der Waals surface area contributed by atoms with Crippen molar-refractivity contribution in [3.05, 3.63) is 23.8 Å². The Morgan fingerprint density at radius 1 is 1.47 bits per heavy atom. The van der Waals surface area contributed by atoms with Crippen LogP contribution in [0.2, 0.25) is 0 Å². The zero-order chi connectivity index (χ0) is 13.9. The molecule has 0 radical (unpaired) electrons. The normalized spacial score (nSPS) is 26.7. The van der Waals surface area contributed by atoms with Crippen LogP contribution in [0.4, 0.5) is 11.4 Å². The first-order chi connectivity index (χ1) is 9.08. The number of nitriles is 1. The Morgan fingerprint density at radius 2 is 2.16 bits per heavy atom. The number of nitrogen functional groups attached to an aromatic ring is 1. The first kappa shape index (κ1) is 13.7. The van der Waals surface area contributed by atoms with Gasteiger partial charge in [0.25, 0.3) is 0 Å². The molecule has 0 unspecified atom stereocenters. The van der Waals surface area contributed by atoms with E-state index in [-0.39, 0.29) is 12.1 Å². The van der Waals surface area contributed by atoms with Gasteiger partial charge >= 0.3 is 0 Å². The van der Waals surface area contributed by atoms with E-state index in [1.54, 1.807) is 18.2 Å². The van der Waals surface area contributed by atoms with Crippen LogP contribution >= 0.6 is 0 Å². The smallest absolute Gasteiger partial charge is 0.0992 e. The van der Waals surface area contributed by atoms with Crippen molar-refractivity contribution in [3.8, 4) is 6.07 Å². The van der Waals surface area contributed by atoms with Crippen LogP contribution in [0.3, 0.4) is 0 Å². The fourth-order valence-electron chi connectivity index (χ4n) is 2.66. The lowest BCUT2D eigenvalue weighted by Gasteiger charge is -2.39. The molecule has 4 N–H and O–H groups in total. The van der Waals surface area contributed by atoms with Crippen molar-refractivity contribution in [1.82, 2.24) is 0 Å². The number of aliphatic hydroxyl groups is 1. The molecule has 0 aliphatic heterocycles. The number of hydrogen-bond donors (Lipinski definition) is 3. The number of nitrogens with zero attached hydrogens (tertiary/aromatic N) is 1. The lowest BCUT2D eigenvalue weighted by Crippen LogP contribution is -2.45. The summed E-state index contributed by atoms with van der Waals surface area (Å²) in [5, 5.41) is 22.1. The van der Waals surface area contributed by atoms with Crippen LogP contribution in [0.25, 0.3) is 0 Å². The average Bonchev–Trinajstić information content (AvgIpc) is 2.44. The van der Waals surface area contributed by atoms with Crippen LogP contribution in [0.5, 0.6) is 0 Å². The van der Waals surface area contributed by atoms with Gasteiger partial charge in [0.05, 0.1) is 35.2 Å². The summed E-state index contributed by atoms with van der Waals surface area (Å²) in [6.07, 6.45) is 4.07. The van der Waals surface area contributed by atoms with Crippen LogP contribution in [0.1, 0.15) is 38.2 Å². The third-order valence-electron chi connectivity index (χ3n) is 4.12. The molecule has 19 heavy (non-hydrogen) atoms. The van der Waals surface area contributed by atoms with Gasteiger partial charge in [0.1, 0.15) is 0 Å². The number of nitrogens with one attached hydrogen (secondary N) is 1. The summed E-state index contributed by atoms with van der Waals surface area (Å²) in [4.78, 5) is 0. The van der Waals surface area contributed by atoms with Gasteiger partial charge < -0.3 is 16.2 Å². The van der Waals surface area contributed by atoms with E-state index in [9.17, 15) is 5.11 Å². The van der Waals surface area contributed by atoms with E-state index < -0.39 is 0 Å². The molecule has 4 heteroatoms. The third kappa shape index (κ3) is 2.99. The van der Waals surface area contributed by atoms with Crippen molar-refractivity contribution in [2.75, 3.05) is 17.7 Å². The molecule has 1 aliphatic carbocycles. The summed E-state index contributed by atoms with van der Waals surface area (Å²) in [7, 11) is 0. The fourth-order valence-corrected chi connectivity index (χ4v) is 2.66. The van der Waals surface area contributed by atoms with Gasteiger partial charge in [0.15, 0.2) is 0 Å². The maximum absolute atomic E-state index is 9.74. The zero-order valence-corrected chi connectivity index (χ0v) is 11.3. The van der Waals surface area contributed by atoms with Crippen molar-refractivity contribution in [3.63, 3.8) is 0 Å². The van der Waals surface area contributed by atoms with Gasteiger partial charge in [-0.15, -0.1) is 0 Å². The molecule has 0 atom stereocenters. The van der Waals surface area contributed by atoms with Crippen LogP contribution in [-0.4, -0.2) is 17.3 Å². The predicted octanol–water partition coefficient (Wildman–Crippen LogP) is 2.49. The van der Waals surface area contributed by atoms with Gasteiger partial charge in [-0.3, -0.25) is 0 Å². The molecule has 0 saturated heterocycles. The lowest BCUT2D eigenvalue weighted by atomic mass is 9.77. The minimum absolute atomic E-state index is 0.0932. The van der Waals surface area contributed by atoms with Crippen molar-refractivity contribution in [2.45, 2.75) is 38.1 Å². The SMILES string of the molecule is CC1CCC(CO)(Nc2cc(C#N)ccc2N)CC1. The second-order valence-corrected chi connectivity index (χ2v) is 5.66. The molecule has 0 heterocycles. The Bertz CT molecular complexity index is 485. The highest BCUT2D eigenvalue weighted by Gasteiger charge is 2.33. The topological polar surface area (TPSA) is 82.1 Å². The Labute approximate surface area is 114 Å². The van der Waals surface area contributed by atoms with Crippen molar-refractivity contribution in [1.29, 1.82) is 5.26 Å². The third-order valence-corrected chi connectivity index (χ3v) is 4.12. The average molecular weight is 259 g/mol. The number of nitrogens with two attached hydrogens (primary N) is 1. The van der Waals surface area contributed by atoms with Crippen molar-refractivity contribution >= 4 is 11.4 Å². The van der Waals surface area contributed by atoms with E-state index in [4.69, 9.17) is 11.0 Å². The molecule has 4 nitrogen and oxygen atoms in total. The second kappa shape index (κ2) is 5.50. The number of anilines is 2. The monoisotopic (exact) mass is 259 g/mol. The Morgan fingerprint density at radius 3 is 2.74 bits per heavy atom. The molecule has 0 spiro atoms. The van der Waals surface area contributed by atoms with E-state index in [1.807, 2.05) is 0 Å². The number of rotatable bonds is 3. The van der Waals surface area contributed by atoms with Crippen LogP contribution in [0, 0.1) is 17.2 Å². The van der Waals surface area contributed by atoms with E-state index in [0.29, 0.717) is 17.2 Å². The summed E-state index contributed by atoms with van der Waals surface area (Å²) in [5.41, 5.74) is 7.60. The Hall–Kier alpha value is -1.73. The first-order valence-electron chi connectivity index (χ1n) is 6.77. The van der Waals surface area contributed by atoms with Gasteiger partial charge in [-0.05, 0) is 49.8 Å². The maximum Gasteiger partial charge on any atom is 0.0992 e. The Balaban J connectivity index is 2.21. The molecular formula is C15H21N3O. The summed E-state index contributed by atoms with van der Waals surface area (Å²) in [6.45, 7) is 2.34. The predicted molar refractivity (Wildman–Crippen MR) is 76.6 cm³/mol. The van der Waals surface area contributed by atoms with E-state index >= 15 is 0 Å². The molecule has 0 aromatic heterocycles. The van der Waals surface area contributed by atoms with E-state index in [2.05, 4.69) is 18.3 Å². The minimum Gasteiger partial charge on any atom is -0.397 e. The quantitative estimate of drug-likeness (QED) is 0.728. The molecule has 102 valence electrons. The minimum atomic E-state index is -0.297. The molecular weight excluding hydrogens is 238 g/mol. The summed E-state index contributed by atoms with van der Waals surface area (Å²) in [6, 6.07) is 7.30. The standard InChI is InChI=1S/C15H21N3O/c1-11-4-6-15(10-19,7-5-11)18-14-8-12(9-16)2-3-13(14)17/h2-3,8,11,18-19H,4-7,10,17H2,1H3. The van der Waals surface area contributed by atoms with Gasteiger partial charge in [-0.2, -0.15) is 5.26 Å². The lowest BCUT2D eigenvalue weighted by molar-refractivity contribution is 0.155. The van der Waals surface area contributed by atoms with Crippen LogP contribution in [0.15, 0.2) is 18.2 Å². The number of benzene rings is 1. The molecule has 1 aliphatic rings. The van der Waals surface area contributed by atoms with E-state index in [0.717, 1.165) is 31.4 Å². The highest BCUT2D eigenvalue weighted by atomic mass is 16.3. The Kier molecular flexibility index (Phi) is 3.96. The van der Waals surface area contributed by atoms with Gasteiger partial charge in [-0.1, -0.05) is 6.92 Å². The number of hydrogen-bond acceptors (Lipinski definition) is 4. The second-order valence-electron chi connectivity index (χ2n) is 5.66. The van der Waals surface area contributed by atoms with E-state index in [1.165, 1.54) is 0 Å². The van der Waals surface area contributed by atoms with Crippen molar-refractivity contribution < 1.29 is 5.11 Å². The summed E-state index contributed by atoms with van der Waals surface area (Å²) < 4.78 is 0. The van der Waals surface area contributed by atoms with Crippen LogP contribution < -0.4 is 11.1 Å². The highest BCUT2D eigenvalue weighted by molar-refractivity contribution is 5.69. The van der Waals surface area contributed by atoms with Gasteiger partial charge in [0.2, 0.25) is 0 Å². The molecule has 0 bridgehead atoms. The van der Waals surface area contributed by atoms with Gasteiger partial charge in [-0.25, -0.2) is 0 Å². The fraction of sp³-hybridized carbons (Fsp3) is 0.533. The number of aliphatic hydroxyl groups excluding tert-OH is 1. The van der Waals surface area contributed by atoms with Crippen molar-refractivity contribution in [2.24, 2.45) is 5.92 Å². The molecule has 0 amide bonds. The van der Waals surface area contributed by atoms with Crippen LogP contribution in [-0.2, 0) is 0 Å². The summed E-state index contributed by atoms with van der Waals surface area (Å²) >= 11 is 0. The molecule has 1 aromatic carbocycles. The summed E-state index contributed by atoms with van der Waals surface area (Å²) in [5.74, 6) is 0.712. The largest absolute Gasteiger partial charge is 0.397 e. The zero-order valence-electron chi connectivity index (χ0n) is 11.3.